The predicted octanol–water partition coefficient (Wildman–Crippen LogP) is 3.47. The Bertz CT molecular complexity index is 826. The summed E-state index contributed by atoms with van der Waals surface area (Å²) in [7, 11) is 3.89. The zero-order chi connectivity index (χ0) is 15.1. The first-order valence-electron chi connectivity index (χ1n) is 6.38. The van der Waals surface area contributed by atoms with Crippen LogP contribution >= 0.6 is 11.6 Å². The molecule has 0 aliphatic rings. The molecule has 0 unspecified atom stereocenters. The van der Waals surface area contributed by atoms with Gasteiger partial charge in [-0.2, -0.15) is 0 Å². The molecule has 21 heavy (non-hydrogen) atoms. The lowest BCUT2D eigenvalue weighted by Gasteiger charge is -2.18. The zero-order valence-electron chi connectivity index (χ0n) is 11.6. The van der Waals surface area contributed by atoms with Crippen LogP contribution in [0.3, 0.4) is 0 Å². The van der Waals surface area contributed by atoms with Crippen molar-refractivity contribution >= 4 is 34.3 Å². The molecule has 0 aliphatic heterocycles. The van der Waals surface area contributed by atoms with Crippen molar-refractivity contribution in [2.24, 2.45) is 0 Å². The van der Waals surface area contributed by atoms with Crippen molar-refractivity contribution in [2.75, 3.05) is 24.7 Å². The Morgan fingerprint density at radius 2 is 1.95 bits per heavy atom. The molecular formula is C15H14ClFN4. The summed E-state index contributed by atoms with van der Waals surface area (Å²) in [6.07, 6.45) is 0. The Morgan fingerprint density at radius 3 is 2.67 bits per heavy atom. The molecule has 1 aromatic heterocycles. The molecule has 0 saturated heterocycles. The molecule has 0 aliphatic carbocycles. The van der Waals surface area contributed by atoms with Crippen LogP contribution in [0.5, 0.6) is 0 Å². The maximum absolute atomic E-state index is 13.6. The van der Waals surface area contributed by atoms with Gasteiger partial charge in [-0.25, -0.2) is 9.37 Å². The number of para-hydroxylation sites is 2. The third kappa shape index (κ3) is 2.19. The monoisotopic (exact) mass is 304 g/mol. The van der Waals surface area contributed by atoms with Crippen molar-refractivity contribution < 1.29 is 4.39 Å². The molecule has 2 N–H and O–H groups in total. The van der Waals surface area contributed by atoms with Crippen molar-refractivity contribution in [3.63, 3.8) is 0 Å². The van der Waals surface area contributed by atoms with E-state index in [2.05, 4.69) is 4.98 Å². The van der Waals surface area contributed by atoms with E-state index >= 15 is 0 Å². The maximum atomic E-state index is 13.6. The van der Waals surface area contributed by atoms with Gasteiger partial charge in [0.2, 0.25) is 5.95 Å². The molecule has 1 heterocycles. The highest BCUT2D eigenvalue weighted by atomic mass is 35.5. The van der Waals surface area contributed by atoms with E-state index in [1.807, 2.05) is 43.3 Å². The average Bonchev–Trinajstić information content (AvgIpc) is 2.74. The van der Waals surface area contributed by atoms with Gasteiger partial charge >= 0.3 is 0 Å². The van der Waals surface area contributed by atoms with Crippen LogP contribution in [0.4, 0.5) is 16.0 Å². The number of nitrogens with two attached hydrogens (primary N) is 1. The van der Waals surface area contributed by atoms with E-state index in [1.54, 1.807) is 10.6 Å². The van der Waals surface area contributed by atoms with E-state index in [9.17, 15) is 4.39 Å². The maximum Gasteiger partial charge on any atom is 0.206 e. The Labute approximate surface area is 126 Å². The van der Waals surface area contributed by atoms with E-state index in [0.717, 1.165) is 11.4 Å². The molecule has 0 amide bonds. The van der Waals surface area contributed by atoms with E-state index in [0.29, 0.717) is 17.0 Å². The molecule has 4 nitrogen and oxygen atoms in total. The van der Waals surface area contributed by atoms with Gasteiger partial charge in [0.05, 0.1) is 27.4 Å². The van der Waals surface area contributed by atoms with Crippen molar-refractivity contribution in [1.82, 2.24) is 9.55 Å². The van der Waals surface area contributed by atoms with Crippen molar-refractivity contribution in [3.05, 3.63) is 47.2 Å². The Kier molecular flexibility index (Phi) is 3.22. The number of nitrogens with zero attached hydrogens (tertiary/aromatic N) is 3. The number of rotatable bonds is 2. The summed E-state index contributed by atoms with van der Waals surface area (Å²) in [4.78, 5) is 6.19. The molecule has 0 radical (unpaired) electrons. The van der Waals surface area contributed by atoms with E-state index in [4.69, 9.17) is 17.3 Å². The summed E-state index contributed by atoms with van der Waals surface area (Å²) >= 11 is 5.89. The fourth-order valence-electron chi connectivity index (χ4n) is 2.38. The predicted molar refractivity (Wildman–Crippen MR) is 84.8 cm³/mol. The van der Waals surface area contributed by atoms with Gasteiger partial charge in [0.1, 0.15) is 5.82 Å². The SMILES string of the molecule is CN(C)c1ccccc1-n1c(N)nc2cc(F)c(Cl)cc21. The number of benzene rings is 2. The van der Waals surface area contributed by atoms with Gasteiger partial charge in [0.15, 0.2) is 0 Å². The second-order valence-corrected chi connectivity index (χ2v) is 5.35. The van der Waals surface area contributed by atoms with Crippen LogP contribution in [0.25, 0.3) is 16.7 Å². The lowest BCUT2D eigenvalue weighted by atomic mass is 10.2. The number of halogens is 2. The number of hydrogen-bond donors (Lipinski definition) is 1. The van der Waals surface area contributed by atoms with Crippen LogP contribution in [0.15, 0.2) is 36.4 Å². The molecule has 3 aromatic rings. The van der Waals surface area contributed by atoms with Crippen molar-refractivity contribution in [2.45, 2.75) is 0 Å². The van der Waals surface area contributed by atoms with Crippen LogP contribution in [0.1, 0.15) is 0 Å². The summed E-state index contributed by atoms with van der Waals surface area (Å²) < 4.78 is 15.3. The minimum Gasteiger partial charge on any atom is -0.376 e. The number of hydrogen-bond acceptors (Lipinski definition) is 3. The van der Waals surface area contributed by atoms with Crippen LogP contribution in [-0.4, -0.2) is 23.6 Å². The quantitative estimate of drug-likeness (QED) is 0.788. The molecule has 0 atom stereocenters. The Balaban J connectivity index is 2.35. The van der Waals surface area contributed by atoms with Crippen LogP contribution in [0, 0.1) is 5.82 Å². The average molecular weight is 305 g/mol. The molecule has 6 heteroatoms. The third-order valence-electron chi connectivity index (χ3n) is 3.33. The van der Waals surface area contributed by atoms with Crippen LogP contribution < -0.4 is 10.6 Å². The van der Waals surface area contributed by atoms with E-state index in [1.165, 1.54) is 6.07 Å². The lowest BCUT2D eigenvalue weighted by molar-refractivity contribution is 0.630. The second-order valence-electron chi connectivity index (χ2n) is 4.94. The standard InChI is InChI=1S/C15H14ClFN4/c1-20(2)12-5-3-4-6-13(12)21-14-7-9(16)10(17)8-11(14)19-15(21)18/h3-8H,1-2H3,(H2,18,19). The Morgan fingerprint density at radius 1 is 1.24 bits per heavy atom. The number of nitrogen functional groups attached to an aromatic ring is 1. The number of aromatic nitrogens is 2. The normalized spacial score (nSPS) is 11.0. The highest BCUT2D eigenvalue weighted by molar-refractivity contribution is 6.31. The summed E-state index contributed by atoms with van der Waals surface area (Å²) in [5, 5.41) is 0.0472. The minimum absolute atomic E-state index is 0.0472. The molecule has 0 fully saturated rings. The Hall–Kier alpha value is -2.27. The highest BCUT2D eigenvalue weighted by Crippen LogP contribution is 2.31. The summed E-state index contributed by atoms with van der Waals surface area (Å²) in [5.74, 6) is -0.212. The van der Waals surface area contributed by atoms with Gasteiger partial charge in [0.25, 0.3) is 0 Å². The fraction of sp³-hybridized carbons (Fsp3) is 0.133. The molecule has 2 aromatic carbocycles. The summed E-state index contributed by atoms with van der Waals surface area (Å²) in [6, 6.07) is 10.6. The van der Waals surface area contributed by atoms with Gasteiger partial charge in [0, 0.05) is 20.2 Å². The minimum atomic E-state index is -0.505. The van der Waals surface area contributed by atoms with Gasteiger partial charge in [-0.05, 0) is 18.2 Å². The van der Waals surface area contributed by atoms with Crippen molar-refractivity contribution in [1.29, 1.82) is 0 Å². The number of fused-ring (bicyclic) bond motifs is 1. The summed E-state index contributed by atoms with van der Waals surface area (Å²) in [6.45, 7) is 0. The lowest BCUT2D eigenvalue weighted by Crippen LogP contribution is -2.13. The fourth-order valence-corrected chi connectivity index (χ4v) is 2.53. The third-order valence-corrected chi connectivity index (χ3v) is 3.62. The first-order chi connectivity index (χ1) is 9.99. The molecule has 0 spiro atoms. The van der Waals surface area contributed by atoms with Gasteiger partial charge in [-0.15, -0.1) is 0 Å². The van der Waals surface area contributed by atoms with Gasteiger partial charge in [-0.3, -0.25) is 4.57 Å². The van der Waals surface area contributed by atoms with Crippen molar-refractivity contribution in [3.8, 4) is 5.69 Å². The zero-order valence-corrected chi connectivity index (χ0v) is 12.4. The van der Waals surface area contributed by atoms with E-state index in [-0.39, 0.29) is 5.02 Å². The van der Waals surface area contributed by atoms with E-state index < -0.39 is 5.82 Å². The van der Waals surface area contributed by atoms with Gasteiger partial charge in [-0.1, -0.05) is 23.7 Å². The van der Waals surface area contributed by atoms with Crippen LogP contribution in [-0.2, 0) is 0 Å². The van der Waals surface area contributed by atoms with Gasteiger partial charge < -0.3 is 10.6 Å². The molecule has 0 bridgehead atoms. The molecular weight excluding hydrogens is 291 g/mol. The number of anilines is 2. The topological polar surface area (TPSA) is 47.1 Å². The second kappa shape index (κ2) is 4.93. The first kappa shape index (κ1) is 13.7. The van der Waals surface area contributed by atoms with Crippen LogP contribution in [0.2, 0.25) is 5.02 Å². The number of imidazole rings is 1. The molecule has 108 valence electrons. The first-order valence-corrected chi connectivity index (χ1v) is 6.76. The molecule has 3 rings (SSSR count). The summed E-state index contributed by atoms with van der Waals surface area (Å²) in [5.41, 5.74) is 9.01. The largest absolute Gasteiger partial charge is 0.376 e. The smallest absolute Gasteiger partial charge is 0.206 e. The highest BCUT2D eigenvalue weighted by Gasteiger charge is 2.16. The molecule has 0 saturated carbocycles.